The van der Waals surface area contributed by atoms with Crippen LogP contribution < -0.4 is 13.9 Å². The Kier molecular flexibility index (Phi) is 5.98. The van der Waals surface area contributed by atoms with Crippen molar-refractivity contribution in [2.75, 3.05) is 21.7 Å². The maximum atomic E-state index is 14.5. The van der Waals surface area contributed by atoms with E-state index in [-0.39, 0.29) is 12.2 Å². The summed E-state index contributed by atoms with van der Waals surface area (Å²) in [6.45, 7) is 0.730. The molecule has 0 saturated heterocycles. The van der Waals surface area contributed by atoms with Crippen LogP contribution in [0.5, 0.6) is 0 Å². The van der Waals surface area contributed by atoms with E-state index < -0.39 is 22.9 Å². The van der Waals surface area contributed by atoms with Crippen LogP contribution in [0.3, 0.4) is 0 Å². The maximum Gasteiger partial charge on any atom is 0.148 e. The Balaban J connectivity index is 1.50. The monoisotopic (exact) mass is 421 g/mol. The summed E-state index contributed by atoms with van der Waals surface area (Å²) < 4.78 is 39.3. The summed E-state index contributed by atoms with van der Waals surface area (Å²) in [6.07, 6.45) is 4.51. The second-order valence-electron chi connectivity index (χ2n) is 7.66. The van der Waals surface area contributed by atoms with Crippen molar-refractivity contribution in [3.05, 3.63) is 54.3 Å². The number of rotatable bonds is 7. The van der Waals surface area contributed by atoms with E-state index in [0.29, 0.717) is 30.4 Å². The molecule has 158 valence electrons. The number of nitrogens with one attached hydrogen (secondary N) is 1. The highest BCUT2D eigenvalue weighted by molar-refractivity contribution is 8.27. The van der Waals surface area contributed by atoms with Crippen LogP contribution in [-0.2, 0) is 0 Å². The van der Waals surface area contributed by atoms with Crippen molar-refractivity contribution in [1.82, 2.24) is 5.32 Å². The Morgan fingerprint density at radius 2 is 1.62 bits per heavy atom. The number of hydrogen-bond acceptors (Lipinski definition) is 6. The molecule has 4 rings (SSSR count). The van der Waals surface area contributed by atoms with Gasteiger partial charge in [0.25, 0.3) is 0 Å². The number of aliphatic hydroxyl groups is 1. The smallest absolute Gasteiger partial charge is 0.148 e. The molecule has 6 nitrogen and oxygen atoms in total. The second kappa shape index (κ2) is 8.49. The van der Waals surface area contributed by atoms with E-state index in [1.807, 2.05) is 6.07 Å². The van der Waals surface area contributed by atoms with Gasteiger partial charge in [-0.2, -0.15) is 0 Å². The fraction of sp³-hybridized carbons (Fsp3) is 0.429. The van der Waals surface area contributed by atoms with Crippen molar-refractivity contribution < 1.29 is 18.6 Å². The third-order valence-corrected chi connectivity index (χ3v) is 7.50. The Morgan fingerprint density at radius 3 is 2.31 bits per heavy atom. The number of anilines is 3. The average Bonchev–Trinajstić information content (AvgIpc) is 3.29. The van der Waals surface area contributed by atoms with Gasteiger partial charge in [-0.1, -0.05) is 37.1 Å². The summed E-state index contributed by atoms with van der Waals surface area (Å²) in [5.41, 5.74) is 1.27. The molecule has 0 bridgehead atoms. The third-order valence-electron chi connectivity index (χ3n) is 5.64. The van der Waals surface area contributed by atoms with E-state index in [9.17, 15) is 18.6 Å². The molecular formula is C21H28FN3O3S. The molecule has 1 atom stereocenters. The summed E-state index contributed by atoms with van der Waals surface area (Å²) in [4.78, 5) is 0. The summed E-state index contributed by atoms with van der Waals surface area (Å²) in [7, 11) is -3.49. The van der Waals surface area contributed by atoms with E-state index in [2.05, 4.69) is 5.32 Å². The number of aliphatic hydroxyl groups excluding tert-OH is 1. The van der Waals surface area contributed by atoms with Gasteiger partial charge >= 0.3 is 0 Å². The summed E-state index contributed by atoms with van der Waals surface area (Å²) >= 11 is 0. The van der Waals surface area contributed by atoms with Crippen LogP contribution in [0.1, 0.15) is 32.1 Å². The van der Waals surface area contributed by atoms with Crippen molar-refractivity contribution in [2.24, 2.45) is 0 Å². The number of benzene rings is 2. The van der Waals surface area contributed by atoms with Crippen LogP contribution in [-0.4, -0.2) is 39.4 Å². The molecule has 1 saturated carbocycles. The number of halogens is 1. The molecule has 0 radical (unpaired) electrons. The largest absolute Gasteiger partial charge is 0.392 e. The van der Waals surface area contributed by atoms with Crippen LogP contribution in [0.2, 0.25) is 0 Å². The van der Waals surface area contributed by atoms with E-state index in [0.717, 1.165) is 12.8 Å². The molecule has 2 aromatic carbocycles. The molecule has 1 aliphatic heterocycles. The third kappa shape index (κ3) is 4.08. The number of nitrogens with zero attached hydrogens (tertiary/aromatic N) is 2. The number of para-hydroxylation sites is 3. The van der Waals surface area contributed by atoms with Gasteiger partial charge in [0.2, 0.25) is 0 Å². The van der Waals surface area contributed by atoms with Crippen molar-refractivity contribution in [2.45, 2.75) is 44.2 Å². The molecule has 8 heteroatoms. The first-order valence-electron chi connectivity index (χ1n) is 10.1. The summed E-state index contributed by atoms with van der Waals surface area (Å²) in [5.74, 6) is -0.523. The van der Waals surface area contributed by atoms with Gasteiger partial charge in [-0.05, 0) is 54.5 Å². The van der Waals surface area contributed by atoms with Crippen LogP contribution in [0, 0.1) is 5.82 Å². The highest BCUT2D eigenvalue weighted by Crippen LogP contribution is 2.64. The van der Waals surface area contributed by atoms with Gasteiger partial charge in [-0.25, -0.2) is 8.70 Å². The quantitative estimate of drug-likeness (QED) is 0.521. The molecule has 2 aliphatic rings. The van der Waals surface area contributed by atoms with E-state index in [4.69, 9.17) is 0 Å². The summed E-state index contributed by atoms with van der Waals surface area (Å²) in [5, 5.41) is 13.8. The Labute approximate surface area is 172 Å². The van der Waals surface area contributed by atoms with Crippen LogP contribution in [0.4, 0.5) is 21.5 Å². The molecule has 4 N–H and O–H groups in total. The van der Waals surface area contributed by atoms with E-state index in [1.54, 1.807) is 30.3 Å². The number of fused-ring (bicyclic) bond motifs is 1. The fourth-order valence-corrected chi connectivity index (χ4v) is 5.93. The van der Waals surface area contributed by atoms with Crippen molar-refractivity contribution in [3.8, 4) is 0 Å². The predicted octanol–water partition coefficient (Wildman–Crippen LogP) is 4.65. The van der Waals surface area contributed by atoms with Gasteiger partial charge in [0.15, 0.2) is 0 Å². The summed E-state index contributed by atoms with van der Waals surface area (Å²) in [6, 6.07) is 13.7. The zero-order chi connectivity index (χ0) is 20.4. The molecule has 1 fully saturated rings. The highest BCUT2D eigenvalue weighted by atomic mass is 32.3. The highest BCUT2D eigenvalue weighted by Gasteiger charge is 2.42. The predicted molar refractivity (Wildman–Crippen MR) is 116 cm³/mol. The Hall–Kier alpha value is -1.84. The molecule has 0 unspecified atom stereocenters. The second-order valence-corrected chi connectivity index (χ2v) is 9.44. The molecule has 2 aromatic rings. The molecule has 29 heavy (non-hydrogen) atoms. The van der Waals surface area contributed by atoms with Gasteiger partial charge in [0, 0.05) is 19.1 Å². The van der Waals surface area contributed by atoms with E-state index in [1.165, 1.54) is 33.6 Å². The zero-order valence-electron chi connectivity index (χ0n) is 16.2. The normalized spacial score (nSPS) is 20.7. The minimum Gasteiger partial charge on any atom is -0.392 e. The van der Waals surface area contributed by atoms with Crippen molar-refractivity contribution >= 4 is 28.0 Å². The standard InChI is InChI=1S/C21H28FN3O3S/c22-18-9-3-4-10-19(18)25-21-12-6-5-11-20(21)24(29(25,27)28)14-13-17(26)15-23-16-7-1-2-8-16/h3-6,9-12,16-17,23,26-28H,1-2,7-8,13-15H2/t17-/m0/s1. The first kappa shape index (κ1) is 20.4. The minimum atomic E-state index is -3.49. The molecule has 1 aliphatic carbocycles. The molecule has 0 aromatic heterocycles. The lowest BCUT2D eigenvalue weighted by Crippen LogP contribution is -2.37. The molecule has 1 heterocycles. The molecular weight excluding hydrogens is 393 g/mol. The SMILES string of the molecule is O[C@@H](CCN1c2ccccc2N(c2ccccc2F)S1(O)O)CNC1CCCC1. The fourth-order valence-electron chi connectivity index (χ4n) is 4.13. The first-order valence-corrected chi connectivity index (χ1v) is 11.6. The van der Waals surface area contributed by atoms with Gasteiger partial charge in [-0.15, -0.1) is 0 Å². The lowest BCUT2D eigenvalue weighted by atomic mass is 10.2. The Bertz CT molecular complexity index is 847. The van der Waals surface area contributed by atoms with E-state index >= 15 is 0 Å². The lowest BCUT2D eigenvalue weighted by molar-refractivity contribution is 0.160. The topological polar surface area (TPSA) is 79.2 Å². The van der Waals surface area contributed by atoms with Gasteiger partial charge in [0.05, 0.1) is 17.5 Å². The lowest BCUT2D eigenvalue weighted by Gasteiger charge is -2.44. The molecule has 0 amide bonds. The number of hydrogen-bond donors (Lipinski definition) is 4. The molecule has 0 spiro atoms. The average molecular weight is 422 g/mol. The van der Waals surface area contributed by atoms with Crippen LogP contribution in [0.15, 0.2) is 48.5 Å². The maximum absolute atomic E-state index is 14.5. The first-order chi connectivity index (χ1) is 14.0. The zero-order valence-corrected chi connectivity index (χ0v) is 17.1. The van der Waals surface area contributed by atoms with Crippen LogP contribution in [0.25, 0.3) is 0 Å². The minimum absolute atomic E-state index is 0.117. The van der Waals surface area contributed by atoms with Crippen LogP contribution >= 0.6 is 11.0 Å². The van der Waals surface area contributed by atoms with Crippen molar-refractivity contribution in [3.63, 3.8) is 0 Å². The van der Waals surface area contributed by atoms with Crippen molar-refractivity contribution in [1.29, 1.82) is 0 Å². The van der Waals surface area contributed by atoms with Gasteiger partial charge in [0.1, 0.15) is 11.5 Å². The van der Waals surface area contributed by atoms with Gasteiger partial charge in [-0.3, -0.25) is 13.4 Å². The Morgan fingerprint density at radius 1 is 1.00 bits per heavy atom. The van der Waals surface area contributed by atoms with Gasteiger partial charge < -0.3 is 10.4 Å².